The summed E-state index contributed by atoms with van der Waals surface area (Å²) in [5.74, 6) is 0. The Morgan fingerprint density at radius 1 is 1.08 bits per heavy atom. The van der Waals surface area contributed by atoms with Gasteiger partial charge in [0.05, 0.1) is 0 Å². The van der Waals surface area contributed by atoms with Gasteiger partial charge < -0.3 is 4.90 Å². The second-order valence-corrected chi connectivity index (χ2v) is 3.24. The van der Waals surface area contributed by atoms with Crippen molar-refractivity contribution in [3.8, 4) is 0 Å². The molecule has 0 radical (unpaired) electrons. The highest BCUT2D eigenvalue weighted by molar-refractivity contribution is 4.96. The van der Waals surface area contributed by atoms with Crippen molar-refractivity contribution in [2.45, 2.75) is 47.0 Å². The normalized spacial score (nSPS) is 11.8. The number of hydrogen-bond acceptors (Lipinski definition) is 1. The highest BCUT2D eigenvalue weighted by atomic mass is 15.1. The SMILES string of the molecule is CC/C=C(\C)N(CCC)CCC. The van der Waals surface area contributed by atoms with Gasteiger partial charge in [-0.2, -0.15) is 0 Å². The number of nitrogens with zero attached hydrogens (tertiary/aromatic N) is 1. The Labute approximate surface area is 77.5 Å². The molecule has 12 heavy (non-hydrogen) atoms. The van der Waals surface area contributed by atoms with Crippen molar-refractivity contribution in [1.29, 1.82) is 0 Å². The summed E-state index contributed by atoms with van der Waals surface area (Å²) in [5, 5.41) is 0. The van der Waals surface area contributed by atoms with Gasteiger partial charge in [0, 0.05) is 18.8 Å². The smallest absolute Gasteiger partial charge is 0.0172 e. The maximum absolute atomic E-state index is 2.48. The molecule has 72 valence electrons. The topological polar surface area (TPSA) is 3.24 Å². The van der Waals surface area contributed by atoms with Crippen molar-refractivity contribution in [2.24, 2.45) is 0 Å². The average Bonchev–Trinajstić information content (AvgIpc) is 2.04. The summed E-state index contributed by atoms with van der Waals surface area (Å²) in [6.07, 6.45) is 5.95. The van der Waals surface area contributed by atoms with Gasteiger partial charge in [0.2, 0.25) is 0 Å². The van der Waals surface area contributed by atoms with Crippen LogP contribution in [0.1, 0.15) is 47.0 Å². The van der Waals surface area contributed by atoms with E-state index in [1.54, 1.807) is 0 Å². The van der Waals surface area contributed by atoms with Gasteiger partial charge in [-0.15, -0.1) is 0 Å². The van der Waals surface area contributed by atoms with Crippen LogP contribution in [0.4, 0.5) is 0 Å². The molecule has 0 bridgehead atoms. The van der Waals surface area contributed by atoms with Gasteiger partial charge in [0.1, 0.15) is 0 Å². The van der Waals surface area contributed by atoms with Crippen molar-refractivity contribution in [2.75, 3.05) is 13.1 Å². The highest BCUT2D eigenvalue weighted by Gasteiger charge is 2.00. The van der Waals surface area contributed by atoms with Crippen LogP contribution in [0.2, 0.25) is 0 Å². The van der Waals surface area contributed by atoms with Crippen molar-refractivity contribution < 1.29 is 0 Å². The van der Waals surface area contributed by atoms with E-state index in [0.717, 1.165) is 6.42 Å². The first-order valence-corrected chi connectivity index (χ1v) is 5.17. The molecule has 0 aromatic heterocycles. The molecule has 0 saturated carbocycles. The van der Waals surface area contributed by atoms with E-state index in [1.165, 1.54) is 31.6 Å². The summed E-state index contributed by atoms with van der Waals surface area (Å²) in [5.41, 5.74) is 1.45. The summed E-state index contributed by atoms with van der Waals surface area (Å²) in [6.45, 7) is 11.3. The molecule has 0 aliphatic rings. The third kappa shape index (κ3) is 4.42. The molecule has 0 saturated heterocycles. The van der Waals surface area contributed by atoms with E-state index in [1.807, 2.05) is 0 Å². The minimum absolute atomic E-state index is 1.15. The van der Waals surface area contributed by atoms with E-state index in [0.29, 0.717) is 0 Å². The van der Waals surface area contributed by atoms with Crippen LogP contribution in [-0.4, -0.2) is 18.0 Å². The molecule has 0 aliphatic carbocycles. The summed E-state index contributed by atoms with van der Waals surface area (Å²) in [4.78, 5) is 2.48. The molecule has 0 heterocycles. The van der Waals surface area contributed by atoms with E-state index in [-0.39, 0.29) is 0 Å². The zero-order valence-electron chi connectivity index (χ0n) is 9.06. The third-order valence-corrected chi connectivity index (χ3v) is 1.99. The maximum atomic E-state index is 2.48. The Morgan fingerprint density at radius 2 is 1.58 bits per heavy atom. The summed E-state index contributed by atoms with van der Waals surface area (Å²) in [6, 6.07) is 0. The summed E-state index contributed by atoms with van der Waals surface area (Å²) >= 11 is 0. The molecule has 0 aliphatic heterocycles. The predicted molar refractivity (Wildman–Crippen MR) is 56.2 cm³/mol. The molecule has 0 unspecified atom stereocenters. The maximum Gasteiger partial charge on any atom is 0.0172 e. The fourth-order valence-corrected chi connectivity index (χ4v) is 1.43. The van der Waals surface area contributed by atoms with E-state index in [2.05, 4.69) is 38.7 Å². The zero-order chi connectivity index (χ0) is 9.40. The molecule has 0 atom stereocenters. The first-order valence-electron chi connectivity index (χ1n) is 5.17. The summed E-state index contributed by atoms with van der Waals surface area (Å²) < 4.78 is 0. The first-order chi connectivity index (χ1) is 5.76. The monoisotopic (exact) mass is 169 g/mol. The zero-order valence-corrected chi connectivity index (χ0v) is 9.06. The largest absolute Gasteiger partial charge is 0.375 e. The van der Waals surface area contributed by atoms with Crippen molar-refractivity contribution in [3.05, 3.63) is 11.8 Å². The number of hydrogen-bond donors (Lipinski definition) is 0. The minimum atomic E-state index is 1.15. The molecule has 0 rings (SSSR count). The lowest BCUT2D eigenvalue weighted by molar-refractivity contribution is 0.344. The van der Waals surface area contributed by atoms with Gasteiger partial charge in [0.25, 0.3) is 0 Å². The van der Waals surface area contributed by atoms with Crippen LogP contribution in [0.15, 0.2) is 11.8 Å². The molecule has 0 aromatic carbocycles. The molecule has 0 aromatic rings. The van der Waals surface area contributed by atoms with Gasteiger partial charge in [-0.3, -0.25) is 0 Å². The third-order valence-electron chi connectivity index (χ3n) is 1.99. The van der Waals surface area contributed by atoms with Gasteiger partial charge in [0.15, 0.2) is 0 Å². The second-order valence-electron chi connectivity index (χ2n) is 3.24. The Bertz CT molecular complexity index is 121. The number of rotatable bonds is 6. The molecule has 0 amide bonds. The van der Waals surface area contributed by atoms with Gasteiger partial charge >= 0.3 is 0 Å². The van der Waals surface area contributed by atoms with Gasteiger partial charge in [-0.25, -0.2) is 0 Å². The van der Waals surface area contributed by atoms with Crippen LogP contribution in [-0.2, 0) is 0 Å². The van der Waals surface area contributed by atoms with Gasteiger partial charge in [-0.05, 0) is 26.2 Å². The molecule has 1 heteroatoms. The van der Waals surface area contributed by atoms with E-state index in [9.17, 15) is 0 Å². The van der Waals surface area contributed by atoms with Crippen LogP contribution >= 0.6 is 0 Å². The minimum Gasteiger partial charge on any atom is -0.375 e. The van der Waals surface area contributed by atoms with E-state index >= 15 is 0 Å². The van der Waals surface area contributed by atoms with Crippen LogP contribution in [0.25, 0.3) is 0 Å². The molecular formula is C11H23N. The molecule has 1 nitrogen and oxygen atoms in total. The van der Waals surface area contributed by atoms with Crippen molar-refractivity contribution in [3.63, 3.8) is 0 Å². The quantitative estimate of drug-likeness (QED) is 0.589. The van der Waals surface area contributed by atoms with Crippen LogP contribution in [0, 0.1) is 0 Å². The lowest BCUT2D eigenvalue weighted by atomic mass is 10.3. The molecule has 0 fully saturated rings. The van der Waals surface area contributed by atoms with Crippen LogP contribution < -0.4 is 0 Å². The van der Waals surface area contributed by atoms with E-state index < -0.39 is 0 Å². The average molecular weight is 169 g/mol. The van der Waals surface area contributed by atoms with Crippen molar-refractivity contribution >= 4 is 0 Å². The Hall–Kier alpha value is -0.460. The number of allylic oxidation sites excluding steroid dienone is 2. The molecule has 0 N–H and O–H groups in total. The lowest BCUT2D eigenvalue weighted by Gasteiger charge is -2.24. The Morgan fingerprint density at radius 3 is 1.92 bits per heavy atom. The highest BCUT2D eigenvalue weighted by Crippen LogP contribution is 2.06. The fraction of sp³-hybridized carbons (Fsp3) is 0.818. The predicted octanol–water partition coefficient (Wildman–Crippen LogP) is 3.42. The van der Waals surface area contributed by atoms with E-state index in [4.69, 9.17) is 0 Å². The van der Waals surface area contributed by atoms with Crippen LogP contribution in [0.3, 0.4) is 0 Å². The Kier molecular flexibility index (Phi) is 6.93. The molecular weight excluding hydrogens is 146 g/mol. The van der Waals surface area contributed by atoms with Crippen molar-refractivity contribution in [1.82, 2.24) is 4.90 Å². The summed E-state index contributed by atoms with van der Waals surface area (Å²) in [7, 11) is 0. The fourth-order valence-electron chi connectivity index (χ4n) is 1.43. The molecule has 0 spiro atoms. The first kappa shape index (κ1) is 11.5. The lowest BCUT2D eigenvalue weighted by Crippen LogP contribution is -2.23. The Balaban J connectivity index is 3.98. The van der Waals surface area contributed by atoms with Crippen LogP contribution in [0.5, 0.6) is 0 Å². The second kappa shape index (κ2) is 7.20. The van der Waals surface area contributed by atoms with Gasteiger partial charge in [-0.1, -0.05) is 26.8 Å². The standard InChI is InChI=1S/C11H23N/c1-5-8-11(4)12(9-6-2)10-7-3/h8H,5-7,9-10H2,1-4H3/b11-8+.